The fourth-order valence-electron chi connectivity index (χ4n) is 2.41. The number of hydrogen-bond donors (Lipinski definition) is 2. The molecule has 0 radical (unpaired) electrons. The molecule has 0 aliphatic carbocycles. The van der Waals surface area contributed by atoms with Crippen LogP contribution in [0.4, 0.5) is 0 Å². The van der Waals surface area contributed by atoms with Crippen LogP contribution in [-0.2, 0) is 6.54 Å². The average molecular weight is 340 g/mol. The van der Waals surface area contributed by atoms with Gasteiger partial charge in [-0.15, -0.1) is 0 Å². The van der Waals surface area contributed by atoms with E-state index in [4.69, 9.17) is 0 Å². The van der Waals surface area contributed by atoms with Crippen LogP contribution < -0.4 is 10.6 Å². The van der Waals surface area contributed by atoms with Crippen molar-refractivity contribution in [3.8, 4) is 0 Å². The molecule has 1 aromatic heterocycles. The second-order valence-electron chi connectivity index (χ2n) is 5.06. The minimum absolute atomic E-state index is 0.0127. The molecular formula is C15H22BrN3O. The van der Waals surface area contributed by atoms with Crippen molar-refractivity contribution < 1.29 is 4.79 Å². The first kappa shape index (κ1) is 15.3. The maximum Gasteiger partial charge on any atom is 0.267 e. The lowest BCUT2D eigenvalue weighted by Crippen LogP contribution is -2.28. The SMILES string of the molecule is CCCn1cc(Br)cc1C(=O)NCCC1=CCNCC1. The van der Waals surface area contributed by atoms with Crippen molar-refractivity contribution in [2.45, 2.75) is 32.7 Å². The third-order valence-electron chi connectivity index (χ3n) is 3.45. The van der Waals surface area contributed by atoms with Crippen LogP contribution in [0.25, 0.3) is 0 Å². The number of nitrogens with one attached hydrogen (secondary N) is 2. The third kappa shape index (κ3) is 4.21. The molecule has 0 bridgehead atoms. The highest BCUT2D eigenvalue weighted by molar-refractivity contribution is 9.10. The Morgan fingerprint density at radius 2 is 2.40 bits per heavy atom. The van der Waals surface area contributed by atoms with E-state index in [2.05, 4.69) is 39.6 Å². The van der Waals surface area contributed by atoms with Crippen molar-refractivity contribution >= 4 is 21.8 Å². The van der Waals surface area contributed by atoms with E-state index in [9.17, 15) is 4.79 Å². The zero-order valence-corrected chi connectivity index (χ0v) is 13.5. The molecule has 110 valence electrons. The van der Waals surface area contributed by atoms with Crippen LogP contribution in [0.3, 0.4) is 0 Å². The van der Waals surface area contributed by atoms with Crippen molar-refractivity contribution in [1.29, 1.82) is 0 Å². The molecule has 0 saturated carbocycles. The molecule has 1 aliphatic heterocycles. The van der Waals surface area contributed by atoms with E-state index < -0.39 is 0 Å². The number of halogens is 1. The Bertz CT molecular complexity index is 493. The van der Waals surface area contributed by atoms with Crippen molar-refractivity contribution in [2.75, 3.05) is 19.6 Å². The molecule has 0 fully saturated rings. The van der Waals surface area contributed by atoms with Gasteiger partial charge in [-0.2, -0.15) is 0 Å². The molecule has 0 atom stereocenters. The Morgan fingerprint density at radius 1 is 1.55 bits per heavy atom. The molecule has 1 aromatic rings. The van der Waals surface area contributed by atoms with Crippen molar-refractivity contribution in [2.24, 2.45) is 0 Å². The van der Waals surface area contributed by atoms with E-state index in [1.165, 1.54) is 5.57 Å². The van der Waals surface area contributed by atoms with Crippen LogP contribution in [-0.4, -0.2) is 30.1 Å². The normalized spacial score (nSPS) is 15.0. The molecule has 2 heterocycles. The fraction of sp³-hybridized carbons (Fsp3) is 0.533. The zero-order valence-electron chi connectivity index (χ0n) is 11.9. The van der Waals surface area contributed by atoms with Gasteiger partial charge in [0.1, 0.15) is 5.69 Å². The van der Waals surface area contributed by atoms with E-state index in [1.54, 1.807) is 0 Å². The van der Waals surface area contributed by atoms with Gasteiger partial charge in [0.25, 0.3) is 5.91 Å². The minimum Gasteiger partial charge on any atom is -0.350 e. The van der Waals surface area contributed by atoms with Gasteiger partial charge in [-0.25, -0.2) is 0 Å². The highest BCUT2D eigenvalue weighted by Crippen LogP contribution is 2.15. The number of rotatable bonds is 6. The number of carbonyl (C=O) groups is 1. The summed E-state index contributed by atoms with van der Waals surface area (Å²) in [7, 11) is 0. The van der Waals surface area contributed by atoms with Gasteiger partial charge in [-0.3, -0.25) is 4.79 Å². The second kappa shape index (κ2) is 7.64. The van der Waals surface area contributed by atoms with Crippen LogP contribution in [0.5, 0.6) is 0 Å². The lowest BCUT2D eigenvalue weighted by atomic mass is 10.1. The third-order valence-corrected chi connectivity index (χ3v) is 3.88. The summed E-state index contributed by atoms with van der Waals surface area (Å²) in [5.41, 5.74) is 2.17. The Hall–Kier alpha value is -1.07. The van der Waals surface area contributed by atoms with Crippen LogP contribution >= 0.6 is 15.9 Å². The number of amides is 1. The molecule has 0 unspecified atom stereocenters. The van der Waals surface area contributed by atoms with Gasteiger partial charge < -0.3 is 15.2 Å². The second-order valence-corrected chi connectivity index (χ2v) is 5.98. The van der Waals surface area contributed by atoms with Crippen LogP contribution in [0.1, 0.15) is 36.7 Å². The zero-order chi connectivity index (χ0) is 14.4. The monoisotopic (exact) mass is 339 g/mol. The number of nitrogens with zero attached hydrogens (tertiary/aromatic N) is 1. The first-order valence-electron chi connectivity index (χ1n) is 7.23. The predicted octanol–water partition coefficient (Wildman–Crippen LogP) is 2.70. The summed E-state index contributed by atoms with van der Waals surface area (Å²) >= 11 is 3.44. The lowest BCUT2D eigenvalue weighted by Gasteiger charge is -2.14. The molecule has 0 aromatic carbocycles. The van der Waals surface area contributed by atoms with E-state index >= 15 is 0 Å². The molecule has 1 amide bonds. The topological polar surface area (TPSA) is 46.1 Å². The molecule has 0 saturated heterocycles. The van der Waals surface area contributed by atoms with Crippen molar-refractivity contribution in [1.82, 2.24) is 15.2 Å². The maximum absolute atomic E-state index is 12.2. The summed E-state index contributed by atoms with van der Waals surface area (Å²) in [5.74, 6) is 0.0127. The molecule has 2 N–H and O–H groups in total. The van der Waals surface area contributed by atoms with E-state index in [0.717, 1.165) is 49.1 Å². The smallest absolute Gasteiger partial charge is 0.267 e. The molecule has 4 nitrogen and oxygen atoms in total. The van der Waals surface area contributed by atoms with Gasteiger partial charge in [0, 0.05) is 30.3 Å². The molecule has 5 heteroatoms. The molecule has 2 rings (SSSR count). The van der Waals surface area contributed by atoms with Crippen LogP contribution in [0, 0.1) is 0 Å². The van der Waals surface area contributed by atoms with E-state index in [-0.39, 0.29) is 5.91 Å². The summed E-state index contributed by atoms with van der Waals surface area (Å²) in [6.45, 7) is 5.69. The Balaban J connectivity index is 1.86. The molecular weight excluding hydrogens is 318 g/mol. The first-order chi connectivity index (χ1) is 9.70. The summed E-state index contributed by atoms with van der Waals surface area (Å²) in [6.07, 6.45) is 7.25. The van der Waals surface area contributed by atoms with Gasteiger partial charge in [-0.1, -0.05) is 18.6 Å². The standard InChI is InChI=1S/C15H22BrN3O/c1-2-9-19-11-13(16)10-14(19)15(20)18-8-5-12-3-6-17-7-4-12/h3,10-11,17H,2,4-9H2,1H3,(H,18,20). The highest BCUT2D eigenvalue weighted by atomic mass is 79.9. The Labute approximate surface area is 128 Å². The minimum atomic E-state index is 0.0127. The quantitative estimate of drug-likeness (QED) is 0.782. The number of aryl methyl sites for hydroxylation is 1. The lowest BCUT2D eigenvalue weighted by molar-refractivity contribution is 0.0944. The summed E-state index contributed by atoms with van der Waals surface area (Å²) in [4.78, 5) is 12.2. The van der Waals surface area contributed by atoms with E-state index in [0.29, 0.717) is 6.54 Å². The van der Waals surface area contributed by atoms with Crippen LogP contribution in [0.15, 0.2) is 28.4 Å². The van der Waals surface area contributed by atoms with Crippen molar-refractivity contribution in [3.63, 3.8) is 0 Å². The number of hydrogen-bond acceptors (Lipinski definition) is 2. The Morgan fingerprint density at radius 3 is 3.10 bits per heavy atom. The molecule has 0 spiro atoms. The number of carbonyl (C=O) groups excluding carboxylic acids is 1. The highest BCUT2D eigenvalue weighted by Gasteiger charge is 2.12. The Kier molecular flexibility index (Phi) is 5.86. The first-order valence-corrected chi connectivity index (χ1v) is 8.02. The fourth-order valence-corrected chi connectivity index (χ4v) is 2.88. The van der Waals surface area contributed by atoms with Gasteiger partial charge in [0.2, 0.25) is 0 Å². The average Bonchev–Trinajstić information content (AvgIpc) is 2.81. The summed E-state index contributed by atoms with van der Waals surface area (Å²) in [5, 5.41) is 6.31. The van der Waals surface area contributed by atoms with Crippen molar-refractivity contribution in [3.05, 3.63) is 34.1 Å². The maximum atomic E-state index is 12.2. The largest absolute Gasteiger partial charge is 0.350 e. The summed E-state index contributed by atoms with van der Waals surface area (Å²) in [6, 6.07) is 1.88. The van der Waals surface area contributed by atoms with Crippen LogP contribution in [0.2, 0.25) is 0 Å². The van der Waals surface area contributed by atoms with Gasteiger partial charge in [0.05, 0.1) is 0 Å². The van der Waals surface area contributed by atoms with Gasteiger partial charge in [-0.05, 0) is 47.8 Å². The van der Waals surface area contributed by atoms with E-state index in [1.807, 2.05) is 16.8 Å². The van der Waals surface area contributed by atoms with Gasteiger partial charge in [0.15, 0.2) is 0 Å². The number of aromatic nitrogens is 1. The molecule has 1 aliphatic rings. The summed E-state index contributed by atoms with van der Waals surface area (Å²) < 4.78 is 2.96. The molecule has 20 heavy (non-hydrogen) atoms. The van der Waals surface area contributed by atoms with Gasteiger partial charge >= 0.3 is 0 Å². The predicted molar refractivity (Wildman–Crippen MR) is 84.9 cm³/mol.